The van der Waals surface area contributed by atoms with Gasteiger partial charge in [-0.1, -0.05) is 12.1 Å². The topological polar surface area (TPSA) is 66.0 Å². The van der Waals surface area contributed by atoms with Gasteiger partial charge in [0, 0.05) is 27.7 Å². The van der Waals surface area contributed by atoms with Crippen LogP contribution in [0.2, 0.25) is 0 Å². The van der Waals surface area contributed by atoms with E-state index < -0.39 is 11.7 Å². The minimum Gasteiger partial charge on any atom is -0.383 e. The van der Waals surface area contributed by atoms with E-state index in [4.69, 9.17) is 4.74 Å². The lowest BCUT2D eigenvalue weighted by atomic mass is 10.1. The second-order valence-electron chi connectivity index (χ2n) is 5.42. The number of hydrogen-bond donors (Lipinski definition) is 2. The highest BCUT2D eigenvalue weighted by Gasteiger charge is 2.30. The number of alkyl halides is 3. The van der Waals surface area contributed by atoms with E-state index in [1.807, 2.05) is 0 Å². The molecule has 1 aromatic carbocycles. The summed E-state index contributed by atoms with van der Waals surface area (Å²) >= 11 is 0. The molecule has 6 nitrogen and oxygen atoms in total. The minimum absolute atomic E-state index is 0.0222. The number of halogens is 3. The van der Waals surface area contributed by atoms with Crippen LogP contribution >= 0.6 is 0 Å². The van der Waals surface area contributed by atoms with E-state index in [9.17, 15) is 18.0 Å². The zero-order valence-electron chi connectivity index (χ0n) is 14.5. The fourth-order valence-electron chi connectivity index (χ4n) is 1.78. The molecule has 1 amide bonds. The maximum absolute atomic E-state index is 12.7. The Morgan fingerprint density at radius 2 is 2.00 bits per heavy atom. The lowest BCUT2D eigenvalue weighted by molar-refractivity contribution is -0.137. The Morgan fingerprint density at radius 1 is 1.28 bits per heavy atom. The largest absolute Gasteiger partial charge is 0.416 e. The van der Waals surface area contributed by atoms with Crippen LogP contribution < -0.4 is 10.6 Å². The standard InChI is InChI=1S/C16H23F3N4O2/c1-23(2)14(24)11-22-15(20-7-8-25-3)21-10-12-5-4-6-13(9-12)16(17,18)19/h4-6,9H,7-8,10-11H2,1-3H3,(H2,20,21,22). The number of rotatable bonds is 7. The van der Waals surface area contributed by atoms with Gasteiger partial charge >= 0.3 is 6.18 Å². The van der Waals surface area contributed by atoms with Crippen molar-refractivity contribution >= 4 is 11.9 Å². The number of aliphatic imine (C=N–C) groups is 1. The molecule has 0 bridgehead atoms. The van der Waals surface area contributed by atoms with Crippen molar-refractivity contribution in [3.05, 3.63) is 35.4 Å². The molecule has 1 aromatic rings. The third-order valence-electron chi connectivity index (χ3n) is 3.18. The van der Waals surface area contributed by atoms with Gasteiger partial charge in [0.25, 0.3) is 0 Å². The van der Waals surface area contributed by atoms with Crippen LogP contribution in [0.3, 0.4) is 0 Å². The van der Waals surface area contributed by atoms with Crippen LogP contribution in [0.1, 0.15) is 11.1 Å². The van der Waals surface area contributed by atoms with Gasteiger partial charge in [0.2, 0.25) is 5.91 Å². The summed E-state index contributed by atoms with van der Waals surface area (Å²) < 4.78 is 43.1. The number of ether oxygens (including phenoxy) is 1. The maximum Gasteiger partial charge on any atom is 0.416 e. The molecule has 0 saturated carbocycles. The molecule has 2 N–H and O–H groups in total. The monoisotopic (exact) mass is 360 g/mol. The molecular weight excluding hydrogens is 337 g/mol. The maximum atomic E-state index is 12.7. The Balaban J connectivity index is 2.77. The third kappa shape index (κ3) is 7.88. The van der Waals surface area contributed by atoms with Gasteiger partial charge in [-0.3, -0.25) is 4.79 Å². The molecule has 140 valence electrons. The molecule has 0 aliphatic rings. The van der Waals surface area contributed by atoms with Gasteiger partial charge in [-0.2, -0.15) is 13.2 Å². The zero-order valence-corrected chi connectivity index (χ0v) is 14.5. The molecule has 0 fully saturated rings. The summed E-state index contributed by atoms with van der Waals surface area (Å²) in [7, 11) is 4.80. The number of carbonyl (C=O) groups is 1. The van der Waals surface area contributed by atoms with Gasteiger partial charge in [-0.25, -0.2) is 4.99 Å². The number of nitrogens with one attached hydrogen (secondary N) is 2. The Bertz CT molecular complexity index is 589. The molecule has 0 aromatic heterocycles. The first-order valence-corrected chi connectivity index (χ1v) is 7.61. The van der Waals surface area contributed by atoms with Crippen molar-refractivity contribution in [3.63, 3.8) is 0 Å². The van der Waals surface area contributed by atoms with E-state index in [-0.39, 0.29) is 19.0 Å². The van der Waals surface area contributed by atoms with Crippen molar-refractivity contribution in [2.75, 3.05) is 40.9 Å². The molecule has 0 aliphatic carbocycles. The summed E-state index contributed by atoms with van der Waals surface area (Å²) in [5, 5.41) is 5.80. The molecule has 0 unspecified atom stereocenters. The fraction of sp³-hybridized carbons (Fsp3) is 0.500. The van der Waals surface area contributed by atoms with Crippen LogP contribution in [-0.4, -0.2) is 57.7 Å². The zero-order chi connectivity index (χ0) is 18.9. The number of guanidine groups is 1. The van der Waals surface area contributed by atoms with E-state index in [0.29, 0.717) is 24.7 Å². The predicted molar refractivity (Wildman–Crippen MR) is 89.2 cm³/mol. The average Bonchev–Trinajstić information content (AvgIpc) is 2.56. The minimum atomic E-state index is -4.39. The van der Waals surface area contributed by atoms with E-state index in [1.165, 1.54) is 11.0 Å². The molecule has 0 aliphatic heterocycles. The van der Waals surface area contributed by atoms with Gasteiger partial charge in [0.15, 0.2) is 5.96 Å². The predicted octanol–water partition coefficient (Wildman–Crippen LogP) is 1.48. The van der Waals surface area contributed by atoms with Crippen LogP contribution in [0.4, 0.5) is 13.2 Å². The summed E-state index contributed by atoms with van der Waals surface area (Å²) in [6.07, 6.45) is -4.39. The molecule has 0 heterocycles. The van der Waals surface area contributed by atoms with E-state index in [1.54, 1.807) is 27.3 Å². The Kier molecular flexibility index (Phi) is 8.20. The first-order valence-electron chi connectivity index (χ1n) is 7.61. The Hall–Kier alpha value is -2.29. The summed E-state index contributed by atoms with van der Waals surface area (Å²) in [6.45, 7) is 0.934. The van der Waals surface area contributed by atoms with Crippen molar-refractivity contribution in [1.29, 1.82) is 0 Å². The van der Waals surface area contributed by atoms with Crippen molar-refractivity contribution in [1.82, 2.24) is 15.5 Å². The quantitative estimate of drug-likeness (QED) is 0.439. The van der Waals surface area contributed by atoms with Gasteiger partial charge in [-0.05, 0) is 17.7 Å². The van der Waals surface area contributed by atoms with Gasteiger partial charge in [-0.15, -0.1) is 0 Å². The van der Waals surface area contributed by atoms with Crippen molar-refractivity contribution < 1.29 is 22.7 Å². The number of benzene rings is 1. The number of amides is 1. The second kappa shape index (κ2) is 9.87. The summed E-state index contributed by atoms with van der Waals surface area (Å²) in [5.74, 6) is 0.171. The highest BCUT2D eigenvalue weighted by atomic mass is 19.4. The van der Waals surface area contributed by atoms with Crippen LogP contribution in [0, 0.1) is 0 Å². The Morgan fingerprint density at radius 3 is 2.60 bits per heavy atom. The van der Waals surface area contributed by atoms with E-state index >= 15 is 0 Å². The molecule has 0 atom stereocenters. The molecule has 0 spiro atoms. The first-order chi connectivity index (χ1) is 11.7. The van der Waals surface area contributed by atoms with Gasteiger partial charge in [0.1, 0.15) is 0 Å². The second-order valence-corrected chi connectivity index (χ2v) is 5.42. The normalized spacial score (nSPS) is 12.0. The van der Waals surface area contributed by atoms with Crippen LogP contribution in [0.5, 0.6) is 0 Å². The summed E-state index contributed by atoms with van der Waals surface area (Å²) in [6, 6.07) is 4.98. The number of carbonyl (C=O) groups excluding carboxylic acids is 1. The lowest BCUT2D eigenvalue weighted by Gasteiger charge is -2.15. The Labute approximate surface area is 145 Å². The summed E-state index contributed by atoms with van der Waals surface area (Å²) in [5.41, 5.74) is -0.300. The molecule has 0 radical (unpaired) electrons. The van der Waals surface area contributed by atoms with Crippen LogP contribution in [0.25, 0.3) is 0 Å². The van der Waals surface area contributed by atoms with Gasteiger partial charge in [0.05, 0.1) is 25.3 Å². The molecular formula is C16H23F3N4O2. The smallest absolute Gasteiger partial charge is 0.383 e. The lowest BCUT2D eigenvalue weighted by Crippen LogP contribution is -2.43. The average molecular weight is 360 g/mol. The van der Waals surface area contributed by atoms with Crippen molar-refractivity contribution in [2.24, 2.45) is 4.99 Å². The molecule has 25 heavy (non-hydrogen) atoms. The van der Waals surface area contributed by atoms with E-state index in [2.05, 4.69) is 15.6 Å². The number of hydrogen-bond acceptors (Lipinski definition) is 3. The highest BCUT2D eigenvalue weighted by Crippen LogP contribution is 2.29. The van der Waals surface area contributed by atoms with Crippen molar-refractivity contribution in [2.45, 2.75) is 12.7 Å². The molecule has 1 rings (SSSR count). The molecule has 9 heteroatoms. The van der Waals surface area contributed by atoms with Crippen molar-refractivity contribution in [3.8, 4) is 0 Å². The first kappa shape index (κ1) is 20.8. The fourth-order valence-corrected chi connectivity index (χ4v) is 1.78. The number of likely N-dealkylation sites (N-methyl/N-ethyl adjacent to an activating group) is 1. The SMILES string of the molecule is COCCNC(=NCc1cccc(C(F)(F)F)c1)NCC(=O)N(C)C. The molecule has 0 saturated heterocycles. The van der Waals surface area contributed by atoms with Crippen LogP contribution in [0.15, 0.2) is 29.3 Å². The third-order valence-corrected chi connectivity index (χ3v) is 3.18. The number of nitrogens with zero attached hydrogens (tertiary/aromatic N) is 2. The highest BCUT2D eigenvalue weighted by molar-refractivity contribution is 5.86. The van der Waals surface area contributed by atoms with Crippen LogP contribution in [-0.2, 0) is 22.3 Å². The number of methoxy groups -OCH3 is 1. The van der Waals surface area contributed by atoms with E-state index in [0.717, 1.165) is 12.1 Å². The van der Waals surface area contributed by atoms with Gasteiger partial charge < -0.3 is 20.3 Å². The summed E-state index contributed by atoms with van der Waals surface area (Å²) in [4.78, 5) is 17.3.